The fraction of sp³-hybridized carbons (Fsp3) is 0.333. The molecule has 0 bridgehead atoms. The Bertz CT molecular complexity index is 1660. The number of pyridine rings is 1. The zero-order valence-electron chi connectivity index (χ0n) is 27.9. The van der Waals surface area contributed by atoms with E-state index in [0.29, 0.717) is 23.6 Å². The molecule has 0 atom stereocenters. The first-order valence-corrected chi connectivity index (χ1v) is 15.6. The summed E-state index contributed by atoms with van der Waals surface area (Å²) in [6, 6.07) is 15.1. The highest BCUT2D eigenvalue weighted by Crippen LogP contribution is 2.34. The summed E-state index contributed by atoms with van der Waals surface area (Å²) in [5.74, 6) is 0.315. The maximum absolute atomic E-state index is 13.6. The second-order valence-corrected chi connectivity index (χ2v) is 11.9. The van der Waals surface area contributed by atoms with Crippen LogP contribution in [0.4, 0.5) is 5.69 Å². The van der Waals surface area contributed by atoms with Crippen LogP contribution in [0.1, 0.15) is 72.8 Å². The number of benzene rings is 2. The molecule has 0 saturated heterocycles. The zero-order valence-corrected chi connectivity index (χ0v) is 27.9. The van der Waals surface area contributed by atoms with Crippen molar-refractivity contribution in [2.45, 2.75) is 67.2 Å². The quantitative estimate of drug-likeness (QED) is 0.138. The molecule has 0 aliphatic rings. The van der Waals surface area contributed by atoms with Gasteiger partial charge < -0.3 is 19.4 Å². The van der Waals surface area contributed by atoms with Crippen molar-refractivity contribution in [3.8, 4) is 11.5 Å². The highest BCUT2D eigenvalue weighted by molar-refractivity contribution is 6.03. The van der Waals surface area contributed by atoms with E-state index in [9.17, 15) is 9.59 Å². The van der Waals surface area contributed by atoms with Crippen LogP contribution in [0.2, 0.25) is 0 Å². The van der Waals surface area contributed by atoms with Crippen LogP contribution < -0.4 is 20.3 Å². The van der Waals surface area contributed by atoms with Gasteiger partial charge in [-0.05, 0) is 109 Å². The van der Waals surface area contributed by atoms with E-state index in [4.69, 9.17) is 9.47 Å². The number of hydrogen-bond acceptors (Lipinski definition) is 4. The molecule has 1 N–H and O–H groups in total. The summed E-state index contributed by atoms with van der Waals surface area (Å²) in [6.45, 7) is 13.1. The number of allylic oxidation sites excluding steroid dienone is 6. The largest absolute Gasteiger partial charge is 0.485 e. The number of aromatic nitrogens is 1. The van der Waals surface area contributed by atoms with Crippen molar-refractivity contribution >= 4 is 28.6 Å². The first-order valence-electron chi connectivity index (χ1n) is 15.6. The molecule has 1 amide bonds. The van der Waals surface area contributed by atoms with Crippen molar-refractivity contribution in [1.82, 2.24) is 4.57 Å². The first kappa shape index (κ1) is 34.9. The van der Waals surface area contributed by atoms with E-state index < -0.39 is 0 Å². The second kappa shape index (κ2) is 17.6. The van der Waals surface area contributed by atoms with Gasteiger partial charge in [0.2, 0.25) is 11.7 Å². The van der Waals surface area contributed by atoms with Gasteiger partial charge in [0, 0.05) is 24.2 Å². The molecular formula is C39H48N2O4. The molecule has 1 aromatic heterocycles. The zero-order chi connectivity index (χ0) is 32.8. The van der Waals surface area contributed by atoms with E-state index in [1.54, 1.807) is 23.8 Å². The Morgan fingerprint density at radius 3 is 1.93 bits per heavy atom. The molecule has 6 nitrogen and oxygen atoms in total. The average molecular weight is 609 g/mol. The Hall–Kier alpha value is -4.58. The summed E-state index contributed by atoms with van der Waals surface area (Å²) in [5, 5.41) is 3.63. The molecule has 2 aromatic carbocycles. The lowest BCUT2D eigenvalue weighted by molar-refractivity contribution is -0.111. The molecule has 0 fully saturated rings. The van der Waals surface area contributed by atoms with E-state index >= 15 is 0 Å². The molecule has 0 spiro atoms. The highest BCUT2D eigenvalue weighted by atomic mass is 16.5. The molecule has 0 aliphatic heterocycles. The molecule has 0 unspecified atom stereocenters. The Kier molecular flexibility index (Phi) is 13.7. The lowest BCUT2D eigenvalue weighted by Crippen LogP contribution is -2.21. The van der Waals surface area contributed by atoms with E-state index in [2.05, 4.69) is 59.0 Å². The molecule has 3 rings (SSSR count). The van der Waals surface area contributed by atoms with Gasteiger partial charge in [-0.15, -0.1) is 0 Å². The number of anilines is 1. The van der Waals surface area contributed by atoms with E-state index in [0.717, 1.165) is 36.6 Å². The topological polar surface area (TPSA) is 69.6 Å². The van der Waals surface area contributed by atoms with Crippen LogP contribution in [0.15, 0.2) is 106 Å². The SMILES string of the molecule is CC(C)=CCC/C(C)=C/COc1c(OC/C=C(\C)CCC=C(C)C)c2ccc(NC(=O)C=Cc3ccccc3)cc2n(C)c1=O. The predicted octanol–water partition coefficient (Wildman–Crippen LogP) is 9.33. The molecule has 0 radical (unpaired) electrons. The van der Waals surface area contributed by atoms with Crippen molar-refractivity contribution in [1.29, 1.82) is 0 Å². The molecule has 6 heteroatoms. The third-order valence-electron chi connectivity index (χ3n) is 7.30. The molecular weight excluding hydrogens is 560 g/mol. The molecule has 1 heterocycles. The third kappa shape index (κ3) is 11.5. The normalized spacial score (nSPS) is 11.9. The van der Waals surface area contributed by atoms with Crippen molar-refractivity contribution in [2.24, 2.45) is 7.05 Å². The first-order chi connectivity index (χ1) is 21.5. The number of hydrogen-bond donors (Lipinski definition) is 1. The number of rotatable bonds is 15. The van der Waals surface area contributed by atoms with Gasteiger partial charge in [-0.2, -0.15) is 0 Å². The maximum atomic E-state index is 13.6. The number of amides is 1. The third-order valence-corrected chi connectivity index (χ3v) is 7.30. The fourth-order valence-corrected chi connectivity index (χ4v) is 4.67. The number of carbonyl (C=O) groups is 1. The minimum Gasteiger partial charge on any atom is -0.485 e. The maximum Gasteiger partial charge on any atom is 0.297 e. The van der Waals surface area contributed by atoms with Crippen LogP contribution in [0, 0.1) is 0 Å². The summed E-state index contributed by atoms with van der Waals surface area (Å²) in [5.41, 5.74) is 6.85. The molecule has 0 saturated carbocycles. The van der Waals surface area contributed by atoms with Crippen molar-refractivity contribution in [3.05, 3.63) is 117 Å². The number of fused-ring (bicyclic) bond motifs is 1. The lowest BCUT2D eigenvalue weighted by atomic mass is 10.1. The number of nitrogens with zero attached hydrogens (tertiary/aromatic N) is 1. The Balaban J connectivity index is 1.89. The van der Waals surface area contributed by atoms with Crippen LogP contribution in [0.5, 0.6) is 11.5 Å². The summed E-state index contributed by atoms with van der Waals surface area (Å²) in [6.07, 6.45) is 15.6. The summed E-state index contributed by atoms with van der Waals surface area (Å²) in [7, 11) is 1.70. The standard InChI is InChI=1S/C39H48N2O4/c1-28(2)13-11-15-30(5)23-25-44-37-34-21-20-33(40-36(42)22-19-32-17-9-8-10-18-32)27-35(34)41(7)39(43)38(37)45-26-24-31(6)16-12-14-29(3)4/h8-10,13-14,17-24,27H,11-12,15-16,25-26H2,1-7H3,(H,40,42)/b22-19?,30-23+,31-24+. The van der Waals surface area contributed by atoms with E-state index in [1.165, 1.54) is 28.4 Å². The average Bonchev–Trinajstić information content (AvgIpc) is 3.00. The summed E-state index contributed by atoms with van der Waals surface area (Å²) in [4.78, 5) is 26.3. The minimum absolute atomic E-state index is 0.177. The number of aryl methyl sites for hydroxylation is 1. The summed E-state index contributed by atoms with van der Waals surface area (Å²) >= 11 is 0. The number of carbonyl (C=O) groups excluding carboxylic acids is 1. The Morgan fingerprint density at radius 2 is 1.36 bits per heavy atom. The van der Waals surface area contributed by atoms with Gasteiger partial charge in [-0.1, -0.05) is 64.8 Å². The fourth-order valence-electron chi connectivity index (χ4n) is 4.67. The van der Waals surface area contributed by atoms with Crippen LogP contribution in [0.25, 0.3) is 17.0 Å². The van der Waals surface area contributed by atoms with Crippen LogP contribution in [-0.2, 0) is 11.8 Å². The molecule has 45 heavy (non-hydrogen) atoms. The molecule has 0 aliphatic carbocycles. The van der Waals surface area contributed by atoms with Gasteiger partial charge >= 0.3 is 0 Å². The Morgan fingerprint density at radius 1 is 0.778 bits per heavy atom. The number of nitrogens with one attached hydrogen (secondary N) is 1. The van der Waals surface area contributed by atoms with E-state index in [1.807, 2.05) is 54.6 Å². The van der Waals surface area contributed by atoms with Crippen molar-refractivity contribution < 1.29 is 14.3 Å². The monoisotopic (exact) mass is 608 g/mol. The van der Waals surface area contributed by atoms with Gasteiger partial charge in [0.05, 0.1) is 5.52 Å². The van der Waals surface area contributed by atoms with Gasteiger partial charge in [-0.25, -0.2) is 0 Å². The van der Waals surface area contributed by atoms with Crippen molar-refractivity contribution in [3.63, 3.8) is 0 Å². The van der Waals surface area contributed by atoms with Gasteiger partial charge in [0.25, 0.3) is 5.56 Å². The second-order valence-electron chi connectivity index (χ2n) is 11.9. The van der Waals surface area contributed by atoms with Crippen LogP contribution in [-0.4, -0.2) is 23.7 Å². The van der Waals surface area contributed by atoms with Gasteiger partial charge in [0.1, 0.15) is 13.2 Å². The lowest BCUT2D eigenvalue weighted by Gasteiger charge is -2.17. The highest BCUT2D eigenvalue weighted by Gasteiger charge is 2.19. The van der Waals surface area contributed by atoms with Gasteiger partial charge in [-0.3, -0.25) is 9.59 Å². The van der Waals surface area contributed by atoms with Crippen LogP contribution in [0.3, 0.4) is 0 Å². The Labute approximate surface area is 268 Å². The minimum atomic E-state index is -0.301. The molecule has 3 aromatic rings. The van der Waals surface area contributed by atoms with Crippen LogP contribution >= 0.6 is 0 Å². The van der Waals surface area contributed by atoms with E-state index in [-0.39, 0.29) is 23.8 Å². The van der Waals surface area contributed by atoms with Crippen molar-refractivity contribution in [2.75, 3.05) is 18.5 Å². The summed E-state index contributed by atoms with van der Waals surface area (Å²) < 4.78 is 13.9. The predicted molar refractivity (Wildman–Crippen MR) is 189 cm³/mol. The molecule has 238 valence electrons. The smallest absolute Gasteiger partial charge is 0.297 e. The number of ether oxygens (including phenoxy) is 2. The van der Waals surface area contributed by atoms with Gasteiger partial charge in [0.15, 0.2) is 5.75 Å².